The standard InChI is InChI=1S/C21H22ClF3N2O4S/c1-20(2,31-16-9-7-15(22)8-10-16)19(28)26-11-13-27(14-12-26)32(29,30)18-6-4-3-5-17(18)21(23,24)25/h3-10H,11-14H2,1-2H3. The molecule has 1 aliphatic heterocycles. The molecule has 0 aromatic heterocycles. The summed E-state index contributed by atoms with van der Waals surface area (Å²) in [5, 5.41) is 0.519. The predicted octanol–water partition coefficient (Wildman–Crippen LogP) is 4.05. The number of hydrogen-bond acceptors (Lipinski definition) is 4. The summed E-state index contributed by atoms with van der Waals surface area (Å²) in [4.78, 5) is 13.6. The maximum absolute atomic E-state index is 13.3. The van der Waals surface area contributed by atoms with Crippen molar-refractivity contribution in [3.8, 4) is 5.75 Å². The van der Waals surface area contributed by atoms with Gasteiger partial charge >= 0.3 is 6.18 Å². The van der Waals surface area contributed by atoms with Crippen molar-refractivity contribution in [2.75, 3.05) is 26.2 Å². The Morgan fingerprint density at radius 3 is 2.09 bits per heavy atom. The van der Waals surface area contributed by atoms with Gasteiger partial charge in [-0.2, -0.15) is 17.5 Å². The summed E-state index contributed by atoms with van der Waals surface area (Å²) < 4.78 is 72.4. The minimum Gasteiger partial charge on any atom is -0.478 e. The lowest BCUT2D eigenvalue weighted by Gasteiger charge is -2.38. The number of rotatable bonds is 5. The number of benzene rings is 2. The van der Waals surface area contributed by atoms with Gasteiger partial charge in [0.25, 0.3) is 5.91 Å². The van der Waals surface area contributed by atoms with Gasteiger partial charge in [0, 0.05) is 31.2 Å². The highest BCUT2D eigenvalue weighted by Crippen LogP contribution is 2.35. The monoisotopic (exact) mass is 490 g/mol. The minimum atomic E-state index is -4.80. The maximum atomic E-state index is 13.3. The first kappa shape index (κ1) is 24.3. The normalized spacial score (nSPS) is 16.1. The van der Waals surface area contributed by atoms with Gasteiger partial charge in [0.05, 0.1) is 10.5 Å². The van der Waals surface area contributed by atoms with E-state index >= 15 is 0 Å². The second kappa shape index (κ2) is 8.92. The number of hydrogen-bond donors (Lipinski definition) is 0. The highest BCUT2D eigenvalue weighted by molar-refractivity contribution is 7.89. The Morgan fingerprint density at radius 2 is 1.53 bits per heavy atom. The lowest BCUT2D eigenvalue weighted by molar-refractivity contribution is -0.146. The van der Waals surface area contributed by atoms with Crippen molar-refractivity contribution >= 4 is 27.5 Å². The van der Waals surface area contributed by atoms with Gasteiger partial charge < -0.3 is 9.64 Å². The zero-order valence-corrected chi connectivity index (χ0v) is 19.0. The molecule has 0 N–H and O–H groups in total. The summed E-state index contributed by atoms with van der Waals surface area (Å²) in [5.74, 6) is 0.0814. The van der Waals surface area contributed by atoms with E-state index in [0.29, 0.717) is 10.8 Å². The third-order valence-corrected chi connectivity index (χ3v) is 7.25. The first-order valence-corrected chi connectivity index (χ1v) is 11.5. The largest absolute Gasteiger partial charge is 0.478 e. The van der Waals surface area contributed by atoms with Crippen LogP contribution < -0.4 is 4.74 Å². The quantitative estimate of drug-likeness (QED) is 0.634. The van der Waals surface area contributed by atoms with Crippen LogP contribution in [0.5, 0.6) is 5.75 Å². The van der Waals surface area contributed by atoms with Gasteiger partial charge in [0.15, 0.2) is 5.60 Å². The van der Waals surface area contributed by atoms with Crippen LogP contribution in [-0.2, 0) is 21.0 Å². The summed E-state index contributed by atoms with van der Waals surface area (Å²) in [5.41, 5.74) is -2.45. The van der Waals surface area contributed by atoms with E-state index in [1.54, 1.807) is 38.1 Å². The minimum absolute atomic E-state index is 0.0274. The van der Waals surface area contributed by atoms with E-state index in [1.165, 1.54) is 11.0 Å². The molecule has 1 saturated heterocycles. The number of alkyl halides is 3. The first-order valence-electron chi connectivity index (χ1n) is 9.73. The van der Waals surface area contributed by atoms with Crippen molar-refractivity contribution in [1.29, 1.82) is 0 Å². The van der Waals surface area contributed by atoms with Crippen LogP contribution in [0.25, 0.3) is 0 Å². The molecule has 11 heteroatoms. The molecule has 32 heavy (non-hydrogen) atoms. The van der Waals surface area contributed by atoms with E-state index in [0.717, 1.165) is 22.5 Å². The van der Waals surface area contributed by atoms with Gasteiger partial charge in [-0.25, -0.2) is 8.42 Å². The fourth-order valence-electron chi connectivity index (χ4n) is 3.42. The van der Waals surface area contributed by atoms with E-state index in [-0.39, 0.29) is 32.1 Å². The number of sulfonamides is 1. The average Bonchev–Trinajstić information content (AvgIpc) is 2.74. The summed E-state index contributed by atoms with van der Waals surface area (Å²) in [7, 11) is -4.38. The summed E-state index contributed by atoms with van der Waals surface area (Å²) in [6.07, 6.45) is -4.80. The lowest BCUT2D eigenvalue weighted by Crippen LogP contribution is -2.56. The molecular weight excluding hydrogens is 469 g/mol. The highest BCUT2D eigenvalue weighted by Gasteiger charge is 2.41. The molecule has 0 unspecified atom stereocenters. The molecule has 0 saturated carbocycles. The Morgan fingerprint density at radius 1 is 0.969 bits per heavy atom. The van der Waals surface area contributed by atoms with E-state index in [1.807, 2.05) is 0 Å². The summed E-state index contributed by atoms with van der Waals surface area (Å²) in [6, 6.07) is 10.6. The van der Waals surface area contributed by atoms with Crippen molar-refractivity contribution in [2.24, 2.45) is 0 Å². The molecule has 3 rings (SSSR count). The third kappa shape index (κ3) is 5.19. The molecule has 174 valence electrons. The first-order chi connectivity index (χ1) is 14.8. The zero-order chi connectivity index (χ0) is 23.7. The third-order valence-electron chi connectivity index (χ3n) is 5.04. The topological polar surface area (TPSA) is 66.9 Å². The Bertz CT molecular complexity index is 1080. The molecule has 0 aliphatic carbocycles. The Kier molecular flexibility index (Phi) is 6.78. The fraction of sp³-hybridized carbons (Fsp3) is 0.381. The van der Waals surface area contributed by atoms with Crippen molar-refractivity contribution < 1.29 is 31.1 Å². The molecule has 2 aromatic rings. The molecule has 0 radical (unpaired) electrons. The van der Waals surface area contributed by atoms with Crippen LogP contribution in [0.4, 0.5) is 13.2 Å². The number of ether oxygens (including phenoxy) is 1. The number of amides is 1. The molecule has 6 nitrogen and oxygen atoms in total. The van der Waals surface area contributed by atoms with Gasteiger partial charge in [-0.05, 0) is 50.2 Å². The fourth-order valence-corrected chi connectivity index (χ4v) is 5.18. The molecule has 2 aromatic carbocycles. The molecule has 1 aliphatic rings. The Balaban J connectivity index is 1.70. The number of carbonyl (C=O) groups excluding carboxylic acids is 1. The van der Waals surface area contributed by atoms with Gasteiger partial charge in [0.1, 0.15) is 5.75 Å². The number of halogens is 4. The van der Waals surface area contributed by atoms with Crippen molar-refractivity contribution in [1.82, 2.24) is 9.21 Å². The average molecular weight is 491 g/mol. The maximum Gasteiger partial charge on any atom is 0.417 e. The van der Waals surface area contributed by atoms with Crippen LogP contribution in [-0.4, -0.2) is 55.3 Å². The van der Waals surface area contributed by atoms with Crippen LogP contribution in [0.15, 0.2) is 53.4 Å². The Hall–Kier alpha value is -2.30. The molecule has 1 fully saturated rings. The summed E-state index contributed by atoms with van der Waals surface area (Å²) >= 11 is 5.85. The smallest absolute Gasteiger partial charge is 0.417 e. The molecule has 1 heterocycles. The van der Waals surface area contributed by atoms with E-state index in [4.69, 9.17) is 16.3 Å². The van der Waals surface area contributed by atoms with Crippen LogP contribution >= 0.6 is 11.6 Å². The summed E-state index contributed by atoms with van der Waals surface area (Å²) in [6.45, 7) is 2.98. The van der Waals surface area contributed by atoms with Crippen molar-refractivity contribution in [3.63, 3.8) is 0 Å². The molecule has 1 amide bonds. The van der Waals surface area contributed by atoms with E-state index < -0.39 is 32.3 Å². The van der Waals surface area contributed by atoms with E-state index in [2.05, 4.69) is 0 Å². The zero-order valence-electron chi connectivity index (χ0n) is 17.4. The molecule has 0 atom stereocenters. The van der Waals surface area contributed by atoms with Gasteiger partial charge in [-0.1, -0.05) is 23.7 Å². The van der Waals surface area contributed by atoms with Crippen molar-refractivity contribution in [2.45, 2.75) is 30.5 Å². The predicted molar refractivity (Wildman–Crippen MR) is 113 cm³/mol. The van der Waals surface area contributed by atoms with E-state index in [9.17, 15) is 26.4 Å². The second-order valence-corrected chi connectivity index (χ2v) is 10.1. The number of carbonyl (C=O) groups is 1. The van der Waals surface area contributed by atoms with Crippen LogP contribution in [0.2, 0.25) is 5.02 Å². The second-order valence-electron chi connectivity index (χ2n) is 7.76. The SMILES string of the molecule is CC(C)(Oc1ccc(Cl)cc1)C(=O)N1CCN(S(=O)(=O)c2ccccc2C(F)(F)F)CC1. The molecule has 0 bridgehead atoms. The molecular formula is C21H22ClF3N2O4S. The van der Waals surface area contributed by atoms with Gasteiger partial charge in [0.2, 0.25) is 10.0 Å². The van der Waals surface area contributed by atoms with Gasteiger partial charge in [-0.3, -0.25) is 4.79 Å². The van der Waals surface area contributed by atoms with Gasteiger partial charge in [-0.15, -0.1) is 0 Å². The molecule has 0 spiro atoms. The Labute approximate surface area is 189 Å². The number of piperazine rings is 1. The van der Waals surface area contributed by atoms with Crippen LogP contribution in [0.3, 0.4) is 0 Å². The lowest BCUT2D eigenvalue weighted by atomic mass is 10.1. The van der Waals surface area contributed by atoms with Crippen LogP contribution in [0, 0.1) is 0 Å². The van der Waals surface area contributed by atoms with Crippen LogP contribution in [0.1, 0.15) is 19.4 Å². The highest BCUT2D eigenvalue weighted by atomic mass is 35.5. The van der Waals surface area contributed by atoms with Crippen molar-refractivity contribution in [3.05, 3.63) is 59.1 Å². The number of nitrogens with zero attached hydrogens (tertiary/aromatic N) is 2.